The minimum absolute atomic E-state index is 0.0112. The van der Waals surface area contributed by atoms with Gasteiger partial charge in [0.15, 0.2) is 5.76 Å². The predicted molar refractivity (Wildman–Crippen MR) is 90.6 cm³/mol. The molecule has 0 saturated carbocycles. The van der Waals surface area contributed by atoms with Crippen LogP contribution in [0.1, 0.15) is 36.3 Å². The van der Waals surface area contributed by atoms with Gasteiger partial charge in [0.2, 0.25) is 17.7 Å². The number of benzene rings is 1. The van der Waals surface area contributed by atoms with Gasteiger partial charge in [-0.2, -0.15) is 0 Å². The molecule has 2 N–H and O–H groups in total. The Morgan fingerprint density at radius 3 is 2.65 bits per heavy atom. The number of carboxylic acid groups (broad SMARTS) is 1. The highest BCUT2D eigenvalue weighted by Crippen LogP contribution is 2.26. The molecule has 9 nitrogen and oxygen atoms in total. The molecular weight excluding hydrogens is 344 g/mol. The van der Waals surface area contributed by atoms with Crippen LogP contribution in [-0.4, -0.2) is 16.1 Å². The molecule has 1 aromatic heterocycles. The van der Waals surface area contributed by atoms with Gasteiger partial charge in [0.05, 0.1) is 6.04 Å². The third kappa shape index (κ3) is 4.82. The summed E-state index contributed by atoms with van der Waals surface area (Å²) in [5.41, 5.74) is -0.0896. The fourth-order valence-electron chi connectivity index (χ4n) is 2.36. The van der Waals surface area contributed by atoms with Crippen molar-refractivity contribution in [2.75, 3.05) is 0 Å². The number of nitrogens with zero attached hydrogens (tertiary/aromatic N) is 1. The van der Waals surface area contributed by atoms with E-state index in [4.69, 9.17) is 14.3 Å². The quantitative estimate of drug-likeness (QED) is 0.545. The van der Waals surface area contributed by atoms with Crippen molar-refractivity contribution in [1.29, 1.82) is 0 Å². The van der Waals surface area contributed by atoms with E-state index in [1.54, 1.807) is 31.2 Å². The maximum absolute atomic E-state index is 12.6. The summed E-state index contributed by atoms with van der Waals surface area (Å²) in [6.45, 7) is 1.02. The van der Waals surface area contributed by atoms with Crippen molar-refractivity contribution < 1.29 is 24.0 Å². The van der Waals surface area contributed by atoms with Crippen LogP contribution in [0.15, 0.2) is 45.8 Å². The Morgan fingerprint density at radius 1 is 1.38 bits per heavy atom. The first-order valence-electron chi connectivity index (χ1n) is 7.85. The fourth-order valence-corrected chi connectivity index (χ4v) is 2.36. The molecule has 0 aliphatic rings. The second-order valence-corrected chi connectivity index (χ2v) is 5.46. The first-order chi connectivity index (χ1) is 12.4. The molecule has 1 atom stereocenters. The zero-order valence-electron chi connectivity index (χ0n) is 14.0. The first-order valence-corrected chi connectivity index (χ1v) is 7.85. The van der Waals surface area contributed by atoms with Crippen LogP contribution < -0.4 is 15.5 Å². The lowest BCUT2D eigenvalue weighted by molar-refractivity contribution is -0.497. The molecule has 0 aliphatic heterocycles. The summed E-state index contributed by atoms with van der Waals surface area (Å²) < 4.78 is 10.9. The first kappa shape index (κ1) is 19.0. The smallest absolute Gasteiger partial charge is 0.405 e. The second-order valence-electron chi connectivity index (χ2n) is 5.46. The van der Waals surface area contributed by atoms with Crippen LogP contribution in [0.25, 0.3) is 0 Å². The molecule has 9 heteroatoms. The van der Waals surface area contributed by atoms with E-state index in [2.05, 4.69) is 5.32 Å². The minimum Gasteiger partial charge on any atom is -0.482 e. The van der Waals surface area contributed by atoms with E-state index < -0.39 is 29.0 Å². The van der Waals surface area contributed by atoms with Crippen molar-refractivity contribution in [2.45, 2.75) is 32.5 Å². The largest absolute Gasteiger partial charge is 0.482 e. The summed E-state index contributed by atoms with van der Waals surface area (Å²) in [5, 5.41) is 21.9. The van der Waals surface area contributed by atoms with Crippen LogP contribution in [0, 0.1) is 10.1 Å². The molecule has 2 rings (SSSR count). The Bertz CT molecular complexity index is 833. The molecule has 0 saturated heterocycles. The van der Waals surface area contributed by atoms with Crippen LogP contribution >= 0.6 is 0 Å². The van der Waals surface area contributed by atoms with Crippen LogP contribution in [0.4, 0.5) is 4.79 Å². The van der Waals surface area contributed by atoms with E-state index in [1.165, 1.54) is 0 Å². The lowest BCUT2D eigenvalue weighted by Crippen LogP contribution is -2.28. The van der Waals surface area contributed by atoms with E-state index in [0.717, 1.165) is 11.8 Å². The van der Waals surface area contributed by atoms with Crippen LogP contribution in [0.2, 0.25) is 0 Å². The maximum Gasteiger partial charge on any atom is 0.405 e. The summed E-state index contributed by atoms with van der Waals surface area (Å²) in [4.78, 5) is 33.6. The third-order valence-electron chi connectivity index (χ3n) is 3.60. The van der Waals surface area contributed by atoms with E-state index in [0.29, 0.717) is 6.42 Å². The summed E-state index contributed by atoms with van der Waals surface area (Å²) in [6, 6.07) is 8.17. The van der Waals surface area contributed by atoms with Crippen molar-refractivity contribution in [3.63, 3.8) is 0 Å². The van der Waals surface area contributed by atoms with Gasteiger partial charge in [-0.05, 0) is 12.0 Å². The van der Waals surface area contributed by atoms with Crippen molar-refractivity contribution in [1.82, 2.24) is 5.32 Å². The Hall–Kier alpha value is -3.36. The van der Waals surface area contributed by atoms with Gasteiger partial charge < -0.3 is 19.6 Å². The average Bonchev–Trinajstić information content (AvgIpc) is 2.61. The number of carbonyl (C=O) groups is 1. The number of hydrogen-bond donors (Lipinski definition) is 2. The number of amides is 1. The van der Waals surface area contributed by atoms with Gasteiger partial charge in [0, 0.05) is 4.92 Å². The van der Waals surface area contributed by atoms with Gasteiger partial charge in [-0.25, -0.2) is 4.79 Å². The number of hydrogen-bond acceptors (Lipinski definition) is 6. The third-order valence-corrected chi connectivity index (χ3v) is 3.60. The van der Waals surface area contributed by atoms with Crippen molar-refractivity contribution in [3.8, 4) is 5.75 Å². The maximum atomic E-state index is 12.6. The van der Waals surface area contributed by atoms with E-state index in [9.17, 15) is 19.7 Å². The normalized spacial score (nSPS) is 11.6. The molecule has 0 spiro atoms. The van der Waals surface area contributed by atoms with Crippen LogP contribution in [-0.2, 0) is 13.2 Å². The summed E-state index contributed by atoms with van der Waals surface area (Å²) in [7, 11) is 0. The second kappa shape index (κ2) is 8.65. The Morgan fingerprint density at radius 2 is 2.08 bits per heavy atom. The minimum atomic E-state index is -1.29. The molecule has 1 heterocycles. The molecule has 1 unspecified atom stereocenters. The van der Waals surface area contributed by atoms with Crippen molar-refractivity contribution in [3.05, 3.63) is 73.8 Å². The van der Waals surface area contributed by atoms with Gasteiger partial charge in [0.1, 0.15) is 18.4 Å². The standard InChI is InChI=1S/C17H18N2O7/c1-2-13(18-17(21)22)15-16(25-9-11-6-4-3-5-7-11)14(20)12(10-26-15)8-19(23)24/h3-7,10,13,18H,2,8-9H2,1H3,(H,21,22). The summed E-state index contributed by atoms with van der Waals surface area (Å²) >= 11 is 0. The molecule has 138 valence electrons. The number of ether oxygens (including phenoxy) is 1. The molecule has 1 aromatic carbocycles. The summed E-state index contributed by atoms with van der Waals surface area (Å²) in [6.07, 6.45) is -0.0176. The average molecular weight is 362 g/mol. The van der Waals surface area contributed by atoms with Gasteiger partial charge in [-0.1, -0.05) is 37.3 Å². The Labute approximate surface area is 148 Å². The lowest BCUT2D eigenvalue weighted by Gasteiger charge is -2.17. The van der Waals surface area contributed by atoms with E-state index >= 15 is 0 Å². The predicted octanol–water partition coefficient (Wildman–Crippen LogP) is 2.71. The molecular formula is C17H18N2O7. The van der Waals surface area contributed by atoms with E-state index in [-0.39, 0.29) is 23.7 Å². The highest BCUT2D eigenvalue weighted by molar-refractivity contribution is 5.65. The zero-order chi connectivity index (χ0) is 19.1. The molecule has 1 amide bonds. The lowest BCUT2D eigenvalue weighted by atomic mass is 10.1. The molecule has 0 bridgehead atoms. The Kier molecular flexibility index (Phi) is 6.31. The van der Waals surface area contributed by atoms with Crippen molar-refractivity contribution in [2.24, 2.45) is 0 Å². The number of rotatable bonds is 8. The van der Waals surface area contributed by atoms with Crippen molar-refractivity contribution >= 4 is 6.09 Å². The van der Waals surface area contributed by atoms with Gasteiger partial charge in [0.25, 0.3) is 0 Å². The Balaban J connectivity index is 2.42. The monoisotopic (exact) mass is 362 g/mol. The van der Waals surface area contributed by atoms with Gasteiger partial charge in [-0.3, -0.25) is 14.9 Å². The van der Waals surface area contributed by atoms with E-state index in [1.807, 2.05) is 6.07 Å². The van der Waals surface area contributed by atoms with Crippen LogP contribution in [0.5, 0.6) is 5.75 Å². The zero-order valence-corrected chi connectivity index (χ0v) is 14.0. The van der Waals surface area contributed by atoms with Gasteiger partial charge in [-0.15, -0.1) is 0 Å². The highest BCUT2D eigenvalue weighted by atomic mass is 16.6. The SMILES string of the molecule is CCC(NC(=O)O)c1occ(C[N+](=O)[O-])c(=O)c1OCc1ccccc1. The highest BCUT2D eigenvalue weighted by Gasteiger charge is 2.25. The molecule has 26 heavy (non-hydrogen) atoms. The number of nitrogens with one attached hydrogen (secondary N) is 1. The molecule has 2 aromatic rings. The van der Waals surface area contributed by atoms with Crippen LogP contribution in [0.3, 0.4) is 0 Å². The van der Waals surface area contributed by atoms with Gasteiger partial charge >= 0.3 is 6.09 Å². The fraction of sp³-hybridized carbons (Fsp3) is 0.294. The number of nitro groups is 1. The topological polar surface area (TPSA) is 132 Å². The molecule has 0 radical (unpaired) electrons. The molecule has 0 aliphatic carbocycles. The molecule has 0 fully saturated rings. The summed E-state index contributed by atoms with van der Waals surface area (Å²) in [5.74, 6) is -0.239.